The molecule has 4 rings (SSSR count). The zero-order valence-electron chi connectivity index (χ0n) is 21.0. The van der Waals surface area contributed by atoms with Gasteiger partial charge in [0.25, 0.3) is 0 Å². The van der Waals surface area contributed by atoms with Crippen molar-refractivity contribution >= 4 is 17.6 Å². The van der Waals surface area contributed by atoms with Gasteiger partial charge >= 0.3 is 6.09 Å². The number of hydrogen-bond donors (Lipinski definition) is 1. The number of fused-ring (bicyclic) bond motifs is 1. The maximum absolute atomic E-state index is 13.6. The second kappa shape index (κ2) is 11.0. The van der Waals surface area contributed by atoms with Gasteiger partial charge in [0, 0.05) is 17.7 Å². The molecule has 0 saturated heterocycles. The molecule has 3 aromatic rings. The van der Waals surface area contributed by atoms with E-state index in [1.807, 2.05) is 0 Å². The number of ether oxygens (including phenoxy) is 7. The summed E-state index contributed by atoms with van der Waals surface area (Å²) in [5.41, 5.74) is 1.15. The van der Waals surface area contributed by atoms with Gasteiger partial charge in [-0.1, -0.05) is 12.1 Å². The van der Waals surface area contributed by atoms with Crippen LogP contribution in [0.15, 0.2) is 54.6 Å². The highest BCUT2D eigenvalue weighted by Crippen LogP contribution is 2.41. The number of ketones is 1. The summed E-state index contributed by atoms with van der Waals surface area (Å²) in [4.78, 5) is 26.6. The van der Waals surface area contributed by atoms with Crippen molar-refractivity contribution in [1.29, 1.82) is 0 Å². The molecule has 37 heavy (non-hydrogen) atoms. The molecule has 1 aliphatic heterocycles. The van der Waals surface area contributed by atoms with E-state index in [2.05, 4.69) is 5.32 Å². The van der Waals surface area contributed by atoms with Crippen LogP contribution in [-0.2, 0) is 4.74 Å². The van der Waals surface area contributed by atoms with E-state index in [4.69, 9.17) is 33.2 Å². The van der Waals surface area contributed by atoms with Crippen molar-refractivity contribution in [3.63, 3.8) is 0 Å². The van der Waals surface area contributed by atoms with E-state index < -0.39 is 24.1 Å². The Bertz CT molecular complexity index is 1280. The van der Waals surface area contributed by atoms with E-state index in [0.29, 0.717) is 45.7 Å². The van der Waals surface area contributed by atoms with Crippen LogP contribution in [-0.4, -0.2) is 53.5 Å². The van der Waals surface area contributed by atoms with Gasteiger partial charge in [0.05, 0.1) is 46.8 Å². The predicted octanol–water partition coefficient (Wildman–Crippen LogP) is 4.66. The molecule has 1 N–H and O–H groups in total. The third-order valence-electron chi connectivity index (χ3n) is 5.81. The summed E-state index contributed by atoms with van der Waals surface area (Å²) in [5, 5.41) is 2.62. The number of benzene rings is 3. The van der Waals surface area contributed by atoms with Gasteiger partial charge in [-0.15, -0.1) is 0 Å². The number of methoxy groups -OCH3 is 5. The number of anilines is 1. The summed E-state index contributed by atoms with van der Waals surface area (Å²) >= 11 is 0. The Hall–Kier alpha value is -4.60. The van der Waals surface area contributed by atoms with Crippen molar-refractivity contribution in [3.05, 3.63) is 65.7 Å². The lowest BCUT2D eigenvalue weighted by Crippen LogP contribution is -2.40. The Morgan fingerprint density at radius 1 is 0.811 bits per heavy atom. The molecule has 0 aromatic heterocycles. The molecule has 0 spiro atoms. The van der Waals surface area contributed by atoms with Crippen LogP contribution in [0.3, 0.4) is 0 Å². The second-order valence-electron chi connectivity index (χ2n) is 7.91. The maximum atomic E-state index is 13.6. The number of Topliss-reactive ketones (excluding diaryl/α,β-unsaturated/α-hetero) is 1. The number of hydrogen-bond acceptors (Lipinski definition) is 9. The predicted molar refractivity (Wildman–Crippen MR) is 134 cm³/mol. The molecule has 0 bridgehead atoms. The number of nitrogens with one attached hydrogen (secondary N) is 1. The van der Waals surface area contributed by atoms with E-state index in [0.717, 1.165) is 0 Å². The van der Waals surface area contributed by atoms with Gasteiger partial charge in [-0.3, -0.25) is 10.1 Å². The van der Waals surface area contributed by atoms with Gasteiger partial charge in [-0.05, 0) is 30.3 Å². The van der Waals surface area contributed by atoms with Gasteiger partial charge in [0.2, 0.25) is 17.6 Å². The summed E-state index contributed by atoms with van der Waals surface area (Å²) in [6.45, 7) is 0. The van der Waals surface area contributed by atoms with Crippen molar-refractivity contribution in [3.8, 4) is 34.5 Å². The standard InChI is InChI=1S/C27H27NO9/c1-31-17-8-6-7-15(11-17)24-26(23(29)19-14-18(32-2)9-10-20(19)36-24)37-27(30)28-16-12-21(33-3)25(35-5)22(13-16)34-4/h6-14,24,26H,1-5H3,(H,28,30)/t24-,26?/m0/s1. The fraction of sp³-hybridized carbons (Fsp3) is 0.259. The lowest BCUT2D eigenvalue weighted by molar-refractivity contribution is 0.0132. The number of rotatable bonds is 8. The lowest BCUT2D eigenvalue weighted by atomic mass is 9.93. The smallest absolute Gasteiger partial charge is 0.412 e. The van der Waals surface area contributed by atoms with Crippen LogP contribution in [0.1, 0.15) is 22.0 Å². The zero-order chi connectivity index (χ0) is 26.5. The second-order valence-corrected chi connectivity index (χ2v) is 7.91. The van der Waals surface area contributed by atoms with Crippen molar-refractivity contribution in [2.24, 2.45) is 0 Å². The SMILES string of the molecule is COc1cccc([C@@H]2Oc3ccc(OC)cc3C(=O)C2OC(=O)Nc2cc(OC)c(OC)c(OC)c2)c1. The van der Waals surface area contributed by atoms with E-state index in [1.54, 1.807) is 54.6 Å². The zero-order valence-corrected chi connectivity index (χ0v) is 21.0. The summed E-state index contributed by atoms with van der Waals surface area (Å²) in [5.74, 6) is 1.99. The van der Waals surface area contributed by atoms with Crippen LogP contribution < -0.4 is 33.7 Å². The highest BCUT2D eigenvalue weighted by atomic mass is 16.6. The van der Waals surface area contributed by atoms with Crippen LogP contribution in [0.5, 0.6) is 34.5 Å². The normalized spacial score (nSPS) is 16.1. The molecule has 194 valence electrons. The quantitative estimate of drug-likeness (QED) is 0.463. The largest absolute Gasteiger partial charge is 0.497 e. The molecule has 0 radical (unpaired) electrons. The molecule has 1 amide bonds. The molecule has 2 atom stereocenters. The Kier molecular flexibility index (Phi) is 7.57. The minimum absolute atomic E-state index is 0.240. The molecule has 0 saturated carbocycles. The van der Waals surface area contributed by atoms with Gasteiger partial charge < -0.3 is 33.2 Å². The van der Waals surface area contributed by atoms with E-state index in [1.165, 1.54) is 35.5 Å². The fourth-order valence-electron chi connectivity index (χ4n) is 4.01. The van der Waals surface area contributed by atoms with E-state index in [-0.39, 0.29) is 5.56 Å². The number of amides is 1. The topological polar surface area (TPSA) is 111 Å². The Labute approximate surface area is 213 Å². The average Bonchev–Trinajstić information content (AvgIpc) is 2.93. The molecule has 0 aliphatic carbocycles. The third kappa shape index (κ3) is 5.18. The van der Waals surface area contributed by atoms with Crippen LogP contribution in [0.2, 0.25) is 0 Å². The average molecular weight is 510 g/mol. The molecular weight excluding hydrogens is 482 g/mol. The van der Waals surface area contributed by atoms with E-state index >= 15 is 0 Å². The number of carbonyl (C=O) groups excluding carboxylic acids is 2. The summed E-state index contributed by atoms with van der Waals surface area (Å²) < 4.78 is 38.4. The first kappa shape index (κ1) is 25.5. The number of carbonyl (C=O) groups is 2. The molecule has 1 aliphatic rings. The first-order valence-corrected chi connectivity index (χ1v) is 11.2. The van der Waals surface area contributed by atoms with Crippen molar-refractivity contribution < 1.29 is 42.7 Å². The maximum Gasteiger partial charge on any atom is 0.412 e. The van der Waals surface area contributed by atoms with Crippen LogP contribution in [0, 0.1) is 0 Å². The molecule has 10 heteroatoms. The van der Waals surface area contributed by atoms with Crippen LogP contribution in [0.4, 0.5) is 10.5 Å². The monoisotopic (exact) mass is 509 g/mol. The minimum Gasteiger partial charge on any atom is -0.497 e. The Morgan fingerprint density at radius 2 is 1.49 bits per heavy atom. The third-order valence-corrected chi connectivity index (χ3v) is 5.81. The van der Waals surface area contributed by atoms with Crippen molar-refractivity contribution in [2.75, 3.05) is 40.9 Å². The molecule has 1 heterocycles. The lowest BCUT2D eigenvalue weighted by Gasteiger charge is -2.32. The van der Waals surface area contributed by atoms with Gasteiger partial charge in [-0.2, -0.15) is 0 Å². The van der Waals surface area contributed by atoms with Gasteiger partial charge in [0.15, 0.2) is 17.6 Å². The molecular formula is C27H27NO9. The summed E-state index contributed by atoms with van der Waals surface area (Å²) in [7, 11) is 7.42. The Balaban J connectivity index is 1.66. The van der Waals surface area contributed by atoms with Crippen molar-refractivity contribution in [1.82, 2.24) is 0 Å². The van der Waals surface area contributed by atoms with Gasteiger partial charge in [-0.25, -0.2) is 4.79 Å². The van der Waals surface area contributed by atoms with Crippen LogP contribution in [0.25, 0.3) is 0 Å². The first-order chi connectivity index (χ1) is 17.9. The van der Waals surface area contributed by atoms with E-state index in [9.17, 15) is 9.59 Å². The fourth-order valence-corrected chi connectivity index (χ4v) is 4.01. The van der Waals surface area contributed by atoms with Gasteiger partial charge in [0.1, 0.15) is 17.2 Å². The highest BCUT2D eigenvalue weighted by molar-refractivity contribution is 6.05. The highest BCUT2D eigenvalue weighted by Gasteiger charge is 2.41. The first-order valence-electron chi connectivity index (χ1n) is 11.2. The summed E-state index contributed by atoms with van der Waals surface area (Å²) in [6.07, 6.45) is -3.10. The minimum atomic E-state index is -1.30. The molecule has 10 nitrogen and oxygen atoms in total. The Morgan fingerprint density at radius 3 is 2.11 bits per heavy atom. The van der Waals surface area contributed by atoms with Crippen molar-refractivity contribution in [2.45, 2.75) is 12.2 Å². The molecule has 0 fully saturated rings. The molecule has 1 unspecified atom stereocenters. The summed E-state index contributed by atoms with van der Waals surface area (Å²) in [6, 6.07) is 15.0. The van der Waals surface area contributed by atoms with Crippen LogP contribution >= 0.6 is 0 Å². The molecule has 3 aromatic carbocycles.